The molecule has 0 aromatic rings. The molecule has 0 rings (SSSR count). The molecule has 0 unspecified atom stereocenters. The molecule has 0 aliphatic rings. The molecule has 0 aliphatic heterocycles. The highest BCUT2D eigenvalue weighted by atomic mass is 16.1. The predicted molar refractivity (Wildman–Crippen MR) is 32.3 cm³/mol. The Labute approximate surface area is 50.1 Å². The van der Waals surface area contributed by atoms with E-state index < -0.39 is 0 Å². The van der Waals surface area contributed by atoms with E-state index in [1.807, 2.05) is 19.9 Å². The van der Waals surface area contributed by atoms with Gasteiger partial charge in [-0.3, -0.25) is 0 Å². The number of nitrogens with zero attached hydrogens (tertiary/aromatic N) is 1. The van der Waals surface area contributed by atoms with E-state index >= 15 is 0 Å². The van der Waals surface area contributed by atoms with Crippen LogP contribution in [-0.2, 0) is 4.79 Å². The van der Waals surface area contributed by atoms with Gasteiger partial charge in [-0.25, -0.2) is 0 Å². The summed E-state index contributed by atoms with van der Waals surface area (Å²) in [5.74, 6) is 0. The van der Waals surface area contributed by atoms with Crippen molar-refractivity contribution in [2.24, 2.45) is 0 Å². The summed E-state index contributed by atoms with van der Waals surface area (Å²) < 4.78 is 0. The largest absolute Gasteiger partial charge is 0.303 e. The first-order chi connectivity index (χ1) is 3.83. The van der Waals surface area contributed by atoms with Gasteiger partial charge in [0.15, 0.2) is 0 Å². The van der Waals surface area contributed by atoms with Gasteiger partial charge in [-0.05, 0) is 0 Å². The minimum atomic E-state index is 0.625. The summed E-state index contributed by atoms with van der Waals surface area (Å²) in [5, 5.41) is 7.62. The number of nitriles is 1. The van der Waals surface area contributed by atoms with Crippen LogP contribution >= 0.6 is 0 Å². The molecule has 0 aromatic carbocycles. The maximum absolute atomic E-state index is 9.17. The van der Waals surface area contributed by atoms with E-state index in [1.165, 1.54) is 0 Å². The lowest BCUT2D eigenvalue weighted by molar-refractivity contribution is -0.107. The Morgan fingerprint density at radius 3 is 1.88 bits per heavy atom. The molecule has 0 aliphatic carbocycles. The molecule has 46 valence electrons. The van der Waals surface area contributed by atoms with Gasteiger partial charge < -0.3 is 4.79 Å². The third-order valence-corrected chi connectivity index (χ3v) is 0.325. The van der Waals surface area contributed by atoms with Crippen molar-refractivity contribution >= 4 is 6.29 Å². The van der Waals surface area contributed by atoms with E-state index in [0.717, 1.165) is 6.29 Å². The molecule has 0 aromatic heterocycles. The molecular weight excluding hydrogens is 102 g/mol. The van der Waals surface area contributed by atoms with E-state index in [2.05, 4.69) is 0 Å². The highest BCUT2D eigenvalue weighted by Gasteiger charge is 1.52. The fourth-order valence-electron chi connectivity index (χ4n) is 0. The molecule has 0 heterocycles. The molecule has 0 fully saturated rings. The van der Waals surface area contributed by atoms with Gasteiger partial charge in [-0.2, -0.15) is 5.26 Å². The first-order valence-corrected chi connectivity index (χ1v) is 2.64. The van der Waals surface area contributed by atoms with Crippen molar-refractivity contribution in [2.45, 2.75) is 26.7 Å². The zero-order valence-electron chi connectivity index (χ0n) is 5.35. The Morgan fingerprint density at radius 2 is 1.88 bits per heavy atom. The molecule has 8 heavy (non-hydrogen) atoms. The van der Waals surface area contributed by atoms with Crippen LogP contribution in [0, 0.1) is 11.3 Å². The van der Waals surface area contributed by atoms with E-state index in [9.17, 15) is 4.79 Å². The van der Waals surface area contributed by atoms with Crippen molar-refractivity contribution < 1.29 is 4.79 Å². The molecule has 0 N–H and O–H groups in total. The summed E-state index contributed by atoms with van der Waals surface area (Å²) in [6, 6.07) is 1.93. The Bertz CT molecular complexity index is 73.1. The second-order valence-corrected chi connectivity index (χ2v) is 1.09. The van der Waals surface area contributed by atoms with Crippen LogP contribution in [0.1, 0.15) is 26.7 Å². The Hall–Kier alpha value is -0.840. The van der Waals surface area contributed by atoms with Crippen LogP contribution in [0.3, 0.4) is 0 Å². The monoisotopic (exact) mass is 113 g/mol. The maximum atomic E-state index is 9.17. The molecular formula is C6H11NO. The van der Waals surface area contributed by atoms with Gasteiger partial charge in [0, 0.05) is 12.8 Å². The average molecular weight is 113 g/mol. The van der Waals surface area contributed by atoms with Crippen LogP contribution in [0.15, 0.2) is 0 Å². The fraction of sp³-hybridized carbons (Fsp3) is 0.667. The first kappa shape index (κ1) is 10.2. The van der Waals surface area contributed by atoms with Gasteiger partial charge in [0.25, 0.3) is 0 Å². The van der Waals surface area contributed by atoms with Gasteiger partial charge >= 0.3 is 0 Å². The van der Waals surface area contributed by atoms with Crippen LogP contribution in [-0.4, -0.2) is 6.29 Å². The molecule has 0 atom stereocenters. The summed E-state index contributed by atoms with van der Waals surface area (Å²) in [7, 11) is 0. The van der Waals surface area contributed by atoms with Crippen molar-refractivity contribution in [2.75, 3.05) is 0 Å². The van der Waals surface area contributed by atoms with E-state index in [1.54, 1.807) is 0 Å². The summed E-state index contributed by atoms with van der Waals surface area (Å²) >= 11 is 0. The van der Waals surface area contributed by atoms with E-state index in [-0.39, 0.29) is 0 Å². The normalized spacial score (nSPS) is 5.62. The van der Waals surface area contributed by atoms with Crippen LogP contribution in [0.4, 0.5) is 0 Å². The van der Waals surface area contributed by atoms with Gasteiger partial charge in [-0.1, -0.05) is 13.8 Å². The second kappa shape index (κ2) is 16.4. The van der Waals surface area contributed by atoms with Gasteiger partial charge in [-0.15, -0.1) is 0 Å². The Kier molecular flexibility index (Phi) is 21.0. The zero-order valence-corrected chi connectivity index (χ0v) is 5.35. The predicted octanol–water partition coefficient (Wildman–Crippen LogP) is 1.52. The summed E-state index contributed by atoms with van der Waals surface area (Å²) in [6.07, 6.45) is 2.14. The first-order valence-electron chi connectivity index (χ1n) is 2.64. The summed E-state index contributed by atoms with van der Waals surface area (Å²) in [5.41, 5.74) is 0. The average Bonchev–Trinajstić information content (AvgIpc) is 1.88. The van der Waals surface area contributed by atoms with E-state index in [4.69, 9.17) is 5.26 Å². The zero-order chi connectivity index (χ0) is 6.83. The lowest BCUT2D eigenvalue weighted by Gasteiger charge is -1.51. The lowest BCUT2D eigenvalue weighted by Crippen LogP contribution is -1.55. The summed E-state index contributed by atoms with van der Waals surface area (Å²) in [4.78, 5) is 9.17. The topological polar surface area (TPSA) is 40.9 Å². The molecule has 0 saturated carbocycles. The third-order valence-electron chi connectivity index (χ3n) is 0.325. The fourth-order valence-corrected chi connectivity index (χ4v) is 0. The molecule has 2 nitrogen and oxygen atoms in total. The second-order valence-electron chi connectivity index (χ2n) is 1.09. The smallest absolute Gasteiger partial charge is 0.119 e. The highest BCUT2D eigenvalue weighted by molar-refractivity contribution is 5.48. The van der Waals surface area contributed by atoms with Crippen molar-refractivity contribution in [1.29, 1.82) is 5.26 Å². The Morgan fingerprint density at radius 1 is 1.62 bits per heavy atom. The number of aldehydes is 1. The highest BCUT2D eigenvalue weighted by Crippen LogP contribution is 1.58. The maximum Gasteiger partial charge on any atom is 0.119 e. The number of rotatable bonds is 1. The third kappa shape index (κ3) is 66.4. The SMILES string of the molecule is CCC#N.CCC=O. The minimum Gasteiger partial charge on any atom is -0.303 e. The van der Waals surface area contributed by atoms with Crippen molar-refractivity contribution in [3.05, 3.63) is 0 Å². The van der Waals surface area contributed by atoms with E-state index in [0.29, 0.717) is 12.8 Å². The molecule has 2 heteroatoms. The summed E-state index contributed by atoms with van der Waals surface area (Å²) in [6.45, 7) is 3.63. The van der Waals surface area contributed by atoms with Gasteiger partial charge in [0.2, 0.25) is 0 Å². The number of carbonyl (C=O) groups excluding carboxylic acids is 1. The van der Waals surface area contributed by atoms with Gasteiger partial charge in [0.1, 0.15) is 6.29 Å². The molecule has 0 saturated heterocycles. The van der Waals surface area contributed by atoms with Crippen LogP contribution in [0.25, 0.3) is 0 Å². The van der Waals surface area contributed by atoms with Crippen LogP contribution in [0.5, 0.6) is 0 Å². The van der Waals surface area contributed by atoms with Gasteiger partial charge in [0.05, 0.1) is 6.07 Å². The lowest BCUT2D eigenvalue weighted by atomic mass is 10.6. The number of hydrogen-bond donors (Lipinski definition) is 0. The van der Waals surface area contributed by atoms with Crippen LogP contribution in [0.2, 0.25) is 0 Å². The number of hydrogen-bond acceptors (Lipinski definition) is 2. The van der Waals surface area contributed by atoms with Crippen molar-refractivity contribution in [3.8, 4) is 6.07 Å². The number of carbonyl (C=O) groups is 1. The quantitative estimate of drug-likeness (QED) is 0.483. The molecule has 0 amide bonds. The molecule has 0 bridgehead atoms. The molecule has 0 spiro atoms. The molecule has 0 radical (unpaired) electrons. The van der Waals surface area contributed by atoms with Crippen molar-refractivity contribution in [1.82, 2.24) is 0 Å². The van der Waals surface area contributed by atoms with Crippen molar-refractivity contribution in [3.63, 3.8) is 0 Å². The Balaban J connectivity index is 0. The minimum absolute atomic E-state index is 0.625. The van der Waals surface area contributed by atoms with Crippen LogP contribution < -0.4 is 0 Å². The standard InChI is InChI=1S/C3H5N.C3H6O/c2*1-2-3-4/h2H2,1H3;3H,2H2,1H3.